The summed E-state index contributed by atoms with van der Waals surface area (Å²) in [6.45, 7) is 6.11. The maximum atomic E-state index is 10.1. The number of aromatic nitrogens is 2. The topological polar surface area (TPSA) is 46.0 Å². The van der Waals surface area contributed by atoms with Gasteiger partial charge < -0.3 is 5.11 Å². The lowest BCUT2D eigenvalue weighted by Crippen LogP contribution is -2.34. The molecular formula is C22H22B2N2O. The van der Waals surface area contributed by atoms with Gasteiger partial charge in [-0.25, -0.2) is 9.97 Å². The third-order valence-electron chi connectivity index (χ3n) is 5.30. The molecule has 0 aliphatic carbocycles. The summed E-state index contributed by atoms with van der Waals surface area (Å²) in [6.07, 6.45) is 5.32. The van der Waals surface area contributed by atoms with E-state index in [1.54, 1.807) is 6.92 Å². The first-order valence-corrected chi connectivity index (χ1v) is 9.35. The van der Waals surface area contributed by atoms with Gasteiger partial charge in [-0.15, -0.1) is 5.47 Å². The van der Waals surface area contributed by atoms with Gasteiger partial charge in [0.25, 0.3) is 0 Å². The molecule has 1 aromatic heterocycles. The Morgan fingerprint density at radius 2 is 1.89 bits per heavy atom. The SMILES string of the molecule is Bc1c2c(c3nc(O)c(C)nc3c1/C=C(\C)Cc1ccccc1)C=C(C)B2. The van der Waals surface area contributed by atoms with E-state index >= 15 is 0 Å². The smallest absolute Gasteiger partial charge is 0.233 e. The fourth-order valence-corrected chi connectivity index (χ4v) is 3.92. The molecule has 132 valence electrons. The Balaban J connectivity index is 1.91. The molecule has 0 saturated heterocycles. The van der Waals surface area contributed by atoms with Crippen LogP contribution in [0, 0.1) is 6.92 Å². The van der Waals surface area contributed by atoms with E-state index < -0.39 is 0 Å². The van der Waals surface area contributed by atoms with Gasteiger partial charge in [0, 0.05) is 0 Å². The molecule has 0 unspecified atom stereocenters. The van der Waals surface area contributed by atoms with Crippen molar-refractivity contribution in [2.24, 2.45) is 0 Å². The molecular weight excluding hydrogens is 330 g/mol. The van der Waals surface area contributed by atoms with Crippen molar-refractivity contribution in [3.8, 4) is 5.88 Å². The Hall–Kier alpha value is -2.81. The molecule has 27 heavy (non-hydrogen) atoms. The zero-order chi connectivity index (χ0) is 19.1. The first-order valence-electron chi connectivity index (χ1n) is 9.35. The molecule has 3 nitrogen and oxygen atoms in total. The summed E-state index contributed by atoms with van der Waals surface area (Å²) >= 11 is 0. The monoisotopic (exact) mass is 352 g/mol. The highest BCUT2D eigenvalue weighted by Gasteiger charge is 2.22. The second-order valence-electron chi connectivity index (χ2n) is 7.58. The molecule has 0 bridgehead atoms. The third-order valence-corrected chi connectivity index (χ3v) is 5.30. The van der Waals surface area contributed by atoms with Gasteiger partial charge in [-0.1, -0.05) is 65.9 Å². The van der Waals surface area contributed by atoms with E-state index in [1.165, 1.54) is 27.5 Å². The lowest BCUT2D eigenvalue weighted by atomic mass is 9.61. The summed E-state index contributed by atoms with van der Waals surface area (Å²) in [5.41, 5.74) is 10.9. The van der Waals surface area contributed by atoms with Crippen molar-refractivity contribution in [2.45, 2.75) is 27.2 Å². The van der Waals surface area contributed by atoms with E-state index in [1.807, 2.05) is 6.07 Å². The average molecular weight is 352 g/mol. The van der Waals surface area contributed by atoms with Crippen LogP contribution < -0.4 is 10.9 Å². The number of allylic oxidation sites excluding steroid dienone is 2. The molecule has 2 aromatic carbocycles. The summed E-state index contributed by atoms with van der Waals surface area (Å²) in [4.78, 5) is 9.21. The zero-order valence-electron chi connectivity index (χ0n) is 16.3. The summed E-state index contributed by atoms with van der Waals surface area (Å²) in [7, 11) is 3.11. The Bertz CT molecular complexity index is 1120. The Kier molecular flexibility index (Phi) is 4.39. The van der Waals surface area contributed by atoms with E-state index in [0.717, 1.165) is 35.9 Å². The van der Waals surface area contributed by atoms with Crippen molar-refractivity contribution in [2.75, 3.05) is 0 Å². The van der Waals surface area contributed by atoms with Crippen LogP contribution in [-0.2, 0) is 6.42 Å². The lowest BCUT2D eigenvalue weighted by Gasteiger charge is -2.15. The number of fused-ring (bicyclic) bond motifs is 3. The van der Waals surface area contributed by atoms with Gasteiger partial charge in [-0.05, 0) is 37.0 Å². The number of nitrogens with zero attached hydrogens (tertiary/aromatic N) is 2. The molecule has 1 N–H and O–H groups in total. The van der Waals surface area contributed by atoms with Crippen LogP contribution in [0.15, 0.2) is 41.4 Å². The van der Waals surface area contributed by atoms with Crippen LogP contribution in [-0.4, -0.2) is 30.2 Å². The number of hydrogen-bond acceptors (Lipinski definition) is 3. The average Bonchev–Trinajstić information content (AvgIpc) is 3.03. The molecule has 4 rings (SSSR count). The fraction of sp³-hybridized carbons (Fsp3) is 0.182. The highest BCUT2D eigenvalue weighted by molar-refractivity contribution is 6.71. The first-order chi connectivity index (χ1) is 12.9. The largest absolute Gasteiger partial charge is 0.492 e. The van der Waals surface area contributed by atoms with E-state index in [4.69, 9.17) is 4.98 Å². The highest BCUT2D eigenvalue weighted by atomic mass is 16.3. The van der Waals surface area contributed by atoms with Crippen molar-refractivity contribution >= 4 is 49.2 Å². The van der Waals surface area contributed by atoms with Crippen LogP contribution in [0.3, 0.4) is 0 Å². The Morgan fingerprint density at radius 3 is 2.63 bits per heavy atom. The lowest BCUT2D eigenvalue weighted by molar-refractivity contribution is 0.448. The molecule has 0 radical (unpaired) electrons. The molecule has 1 aliphatic heterocycles. The van der Waals surface area contributed by atoms with Crippen molar-refractivity contribution in [3.05, 3.63) is 63.8 Å². The number of aryl methyl sites for hydroxylation is 1. The van der Waals surface area contributed by atoms with Crippen molar-refractivity contribution in [1.29, 1.82) is 0 Å². The fourth-order valence-electron chi connectivity index (χ4n) is 3.92. The zero-order valence-corrected chi connectivity index (χ0v) is 16.3. The standard InChI is InChI=1S/C22H22B2N2O/c1-12(9-15-7-5-4-6-8-15)10-16-18(23)19-17(11-13(2)24-19)21-20(16)25-14(3)22(27)26-21/h4-8,10-11,24H,9,23H2,1-3H3,(H,26,27)/b12-10+. The molecule has 1 aliphatic rings. The normalized spacial score (nSPS) is 13.4. The second-order valence-corrected chi connectivity index (χ2v) is 7.58. The van der Waals surface area contributed by atoms with Gasteiger partial charge in [0.05, 0.1) is 16.7 Å². The van der Waals surface area contributed by atoms with E-state index in [9.17, 15) is 5.11 Å². The highest BCUT2D eigenvalue weighted by Crippen LogP contribution is 2.27. The number of rotatable bonds is 3. The van der Waals surface area contributed by atoms with Crippen LogP contribution in [0.2, 0.25) is 0 Å². The maximum absolute atomic E-state index is 10.1. The Labute approximate surface area is 161 Å². The van der Waals surface area contributed by atoms with E-state index in [0.29, 0.717) is 5.69 Å². The van der Waals surface area contributed by atoms with E-state index in [-0.39, 0.29) is 5.88 Å². The quantitative estimate of drug-likeness (QED) is 0.734. The second kappa shape index (κ2) is 6.73. The van der Waals surface area contributed by atoms with Crippen LogP contribution in [0.1, 0.15) is 36.2 Å². The van der Waals surface area contributed by atoms with Crippen molar-refractivity contribution in [1.82, 2.24) is 9.97 Å². The first kappa shape index (κ1) is 17.6. The minimum absolute atomic E-state index is 0.0162. The van der Waals surface area contributed by atoms with Gasteiger partial charge in [-0.3, -0.25) is 0 Å². The molecule has 0 saturated carbocycles. The van der Waals surface area contributed by atoms with Crippen LogP contribution in [0.4, 0.5) is 0 Å². The van der Waals surface area contributed by atoms with Gasteiger partial charge in [0.15, 0.2) is 7.28 Å². The van der Waals surface area contributed by atoms with Crippen LogP contribution in [0.5, 0.6) is 5.88 Å². The maximum Gasteiger partial charge on any atom is 0.233 e. The molecule has 0 fully saturated rings. The van der Waals surface area contributed by atoms with Gasteiger partial charge in [0.2, 0.25) is 5.88 Å². The van der Waals surface area contributed by atoms with Crippen LogP contribution in [0.25, 0.3) is 23.2 Å². The Morgan fingerprint density at radius 1 is 1.15 bits per heavy atom. The number of aromatic hydroxyl groups is 1. The van der Waals surface area contributed by atoms with Crippen LogP contribution >= 0.6 is 0 Å². The van der Waals surface area contributed by atoms with Crippen molar-refractivity contribution in [3.63, 3.8) is 0 Å². The minimum Gasteiger partial charge on any atom is -0.492 e. The van der Waals surface area contributed by atoms with Crippen molar-refractivity contribution < 1.29 is 5.11 Å². The molecule has 0 atom stereocenters. The van der Waals surface area contributed by atoms with E-state index in [2.05, 4.69) is 63.1 Å². The summed E-state index contributed by atoms with van der Waals surface area (Å²) in [6, 6.07) is 10.5. The molecule has 3 aromatic rings. The predicted octanol–water partition coefficient (Wildman–Crippen LogP) is 1.98. The van der Waals surface area contributed by atoms with Gasteiger partial charge in [-0.2, -0.15) is 0 Å². The molecule has 0 amide bonds. The predicted molar refractivity (Wildman–Crippen MR) is 118 cm³/mol. The molecule has 5 heteroatoms. The van der Waals surface area contributed by atoms with Gasteiger partial charge >= 0.3 is 0 Å². The summed E-state index contributed by atoms with van der Waals surface area (Å²) in [5, 5.41) is 10.1. The molecule has 0 spiro atoms. The third kappa shape index (κ3) is 3.18. The summed E-state index contributed by atoms with van der Waals surface area (Å²) < 4.78 is 0. The minimum atomic E-state index is 0.0162. The number of benzene rings is 2. The number of hydrogen-bond donors (Lipinski definition) is 1. The molecule has 2 heterocycles. The summed E-state index contributed by atoms with van der Waals surface area (Å²) in [5.74, 6) is 0.0162. The van der Waals surface area contributed by atoms with Gasteiger partial charge in [0.1, 0.15) is 7.85 Å².